The molecule has 1 heterocycles. The van der Waals surface area contributed by atoms with E-state index in [9.17, 15) is 23.2 Å². The van der Waals surface area contributed by atoms with E-state index in [0.717, 1.165) is 24.4 Å². The Labute approximate surface area is 210 Å². The van der Waals surface area contributed by atoms with Crippen LogP contribution >= 0.6 is 0 Å². The summed E-state index contributed by atoms with van der Waals surface area (Å²) in [6.45, 7) is 4.27. The summed E-state index contributed by atoms with van der Waals surface area (Å²) in [6, 6.07) is 17.8. The molecule has 0 radical (unpaired) electrons. The van der Waals surface area contributed by atoms with Gasteiger partial charge in [-0.15, -0.1) is 0 Å². The van der Waals surface area contributed by atoms with Crippen molar-refractivity contribution in [2.24, 2.45) is 0 Å². The molecule has 2 aliphatic rings. The van der Waals surface area contributed by atoms with E-state index >= 15 is 0 Å². The summed E-state index contributed by atoms with van der Waals surface area (Å²) < 4.78 is 46.1. The van der Waals surface area contributed by atoms with Gasteiger partial charge in [0, 0.05) is 36.1 Å². The maximum absolute atomic E-state index is 13.8. The summed E-state index contributed by atoms with van der Waals surface area (Å²) in [4.78, 5) is 20.6. The normalized spacial score (nSPS) is 12.7. The van der Waals surface area contributed by atoms with E-state index in [4.69, 9.17) is 9.40 Å². The number of aryl methyl sites for hydroxylation is 1. The minimum absolute atomic E-state index is 0.0581. The second-order valence-electron chi connectivity index (χ2n) is 8.98. The number of hydrogen-bond acceptors (Lipinski definition) is 5. The van der Waals surface area contributed by atoms with Crippen LogP contribution in [0.15, 0.2) is 69.9 Å². The van der Waals surface area contributed by atoms with Crippen LogP contribution in [0.3, 0.4) is 0 Å². The first kappa shape index (κ1) is 24.3. The number of nitriles is 1. The van der Waals surface area contributed by atoms with E-state index in [1.165, 1.54) is 13.0 Å². The second-order valence-corrected chi connectivity index (χ2v) is 8.98. The molecule has 0 amide bonds. The summed E-state index contributed by atoms with van der Waals surface area (Å²) in [5.74, 6) is -1.01. The van der Waals surface area contributed by atoms with Gasteiger partial charge in [0.05, 0.1) is 17.2 Å². The van der Waals surface area contributed by atoms with Crippen LogP contribution < -0.4 is 10.3 Å². The zero-order valence-electron chi connectivity index (χ0n) is 20.3. The average molecular weight is 502 g/mol. The highest BCUT2D eigenvalue weighted by Crippen LogP contribution is 2.40. The summed E-state index contributed by atoms with van der Waals surface area (Å²) in [7, 11) is 1.93. The molecule has 0 N–H and O–H groups in total. The van der Waals surface area contributed by atoms with Gasteiger partial charge in [0.1, 0.15) is 17.1 Å². The highest BCUT2D eigenvalue weighted by Gasteiger charge is 2.33. The molecule has 1 aliphatic heterocycles. The Morgan fingerprint density at radius 1 is 1.08 bits per heavy atom. The fourth-order valence-corrected chi connectivity index (χ4v) is 4.66. The lowest BCUT2D eigenvalue weighted by Crippen LogP contribution is -2.18. The van der Waals surface area contributed by atoms with Crippen LogP contribution in [0.25, 0.3) is 33.3 Å². The van der Waals surface area contributed by atoms with E-state index in [1.807, 2.05) is 37.1 Å². The molecule has 5 nitrogen and oxygen atoms in total. The van der Waals surface area contributed by atoms with Gasteiger partial charge in [-0.25, -0.2) is 4.98 Å². The number of fused-ring (bicyclic) bond motifs is 4. The molecule has 0 spiro atoms. The number of aromatic nitrogens is 1. The van der Waals surface area contributed by atoms with E-state index in [2.05, 4.69) is 6.07 Å². The molecule has 8 heteroatoms. The standard InChI is InChI=1S/C29H22F3N3O2/c1-4-35(3)18-10-12-23-24(14-18)37-28-25(27(36)21-8-6-5-7-20(21)26(28)34-23)22(15-33)19-11-9-17(13-16(19)2)29(30,31)32/h5-14,22H,4H2,1-3H3. The van der Waals surface area contributed by atoms with Gasteiger partial charge in [0.2, 0.25) is 0 Å². The van der Waals surface area contributed by atoms with E-state index < -0.39 is 23.1 Å². The Morgan fingerprint density at radius 3 is 2.46 bits per heavy atom. The molecule has 3 aromatic carbocycles. The van der Waals surface area contributed by atoms with Crippen LogP contribution in [0.5, 0.6) is 0 Å². The number of anilines is 1. The molecule has 0 bridgehead atoms. The van der Waals surface area contributed by atoms with Crippen molar-refractivity contribution in [2.75, 3.05) is 18.5 Å². The van der Waals surface area contributed by atoms with Crippen LogP contribution in [-0.2, 0) is 6.18 Å². The highest BCUT2D eigenvalue weighted by molar-refractivity contribution is 5.98. The maximum atomic E-state index is 13.8. The number of hydrogen-bond donors (Lipinski definition) is 0. The van der Waals surface area contributed by atoms with Gasteiger partial charge in [0.15, 0.2) is 16.8 Å². The molecule has 0 fully saturated rings. The van der Waals surface area contributed by atoms with Crippen LogP contribution in [0.1, 0.15) is 35.1 Å². The zero-order chi connectivity index (χ0) is 26.5. The monoisotopic (exact) mass is 501 g/mol. The van der Waals surface area contributed by atoms with Gasteiger partial charge in [-0.05, 0) is 49.2 Å². The third-order valence-electron chi connectivity index (χ3n) is 6.76. The van der Waals surface area contributed by atoms with Crippen LogP contribution in [0.2, 0.25) is 0 Å². The van der Waals surface area contributed by atoms with Crippen molar-refractivity contribution in [3.05, 3.63) is 93.1 Å². The lowest BCUT2D eigenvalue weighted by atomic mass is 9.85. The summed E-state index contributed by atoms with van der Waals surface area (Å²) >= 11 is 0. The van der Waals surface area contributed by atoms with Gasteiger partial charge in [-0.1, -0.05) is 30.3 Å². The first-order valence-corrected chi connectivity index (χ1v) is 11.7. The minimum atomic E-state index is -4.52. The van der Waals surface area contributed by atoms with Crippen molar-refractivity contribution < 1.29 is 17.6 Å². The molecule has 186 valence electrons. The predicted octanol–water partition coefficient (Wildman–Crippen LogP) is 6.88. The maximum Gasteiger partial charge on any atom is 0.416 e. The fourth-order valence-electron chi connectivity index (χ4n) is 4.66. The number of benzene rings is 4. The van der Waals surface area contributed by atoms with E-state index in [0.29, 0.717) is 33.1 Å². The van der Waals surface area contributed by atoms with E-state index in [-0.39, 0.29) is 16.9 Å². The molecular formula is C29H22F3N3O2. The van der Waals surface area contributed by atoms with Crippen molar-refractivity contribution in [3.63, 3.8) is 0 Å². The fraction of sp³-hybridized carbons (Fsp3) is 0.207. The first-order chi connectivity index (χ1) is 17.6. The Hall–Kier alpha value is -4.38. The van der Waals surface area contributed by atoms with Gasteiger partial charge in [0.25, 0.3) is 0 Å². The van der Waals surface area contributed by atoms with Gasteiger partial charge in [-0.3, -0.25) is 4.79 Å². The SMILES string of the molecule is CCN(C)c1ccc2nc3c4ccccc4c(=O)c(C(C#N)c4ccc(C(F)(F)F)cc4C)c-3oc2c1. The molecule has 1 aliphatic carbocycles. The molecule has 0 saturated heterocycles. The van der Waals surface area contributed by atoms with Crippen LogP contribution in [0.4, 0.5) is 18.9 Å². The van der Waals surface area contributed by atoms with Crippen molar-refractivity contribution >= 4 is 27.6 Å². The topological polar surface area (TPSA) is 70.1 Å². The first-order valence-electron chi connectivity index (χ1n) is 11.7. The molecule has 5 rings (SSSR count). The zero-order valence-corrected chi connectivity index (χ0v) is 20.3. The van der Waals surface area contributed by atoms with Crippen molar-refractivity contribution in [1.82, 2.24) is 4.98 Å². The van der Waals surface area contributed by atoms with E-state index in [1.54, 1.807) is 24.3 Å². The minimum Gasteiger partial charge on any atom is -0.452 e. The largest absolute Gasteiger partial charge is 0.452 e. The van der Waals surface area contributed by atoms with Crippen LogP contribution in [-0.4, -0.2) is 18.6 Å². The summed E-state index contributed by atoms with van der Waals surface area (Å²) in [6.07, 6.45) is -4.52. The average Bonchev–Trinajstić information content (AvgIpc) is 2.89. The van der Waals surface area contributed by atoms with Gasteiger partial charge in [-0.2, -0.15) is 18.4 Å². The molecule has 0 saturated carbocycles. The smallest absolute Gasteiger partial charge is 0.416 e. The van der Waals surface area contributed by atoms with Crippen molar-refractivity contribution in [2.45, 2.75) is 25.9 Å². The molecule has 37 heavy (non-hydrogen) atoms. The van der Waals surface area contributed by atoms with Crippen LogP contribution in [0, 0.1) is 18.3 Å². The lowest BCUT2D eigenvalue weighted by Gasteiger charge is -2.20. The molecule has 0 aromatic heterocycles. The Balaban J connectivity index is 1.84. The summed E-state index contributed by atoms with van der Waals surface area (Å²) in [5, 5.41) is 11.2. The molecule has 3 aromatic rings. The lowest BCUT2D eigenvalue weighted by molar-refractivity contribution is -0.137. The number of nitrogens with zero attached hydrogens (tertiary/aromatic N) is 3. The third-order valence-corrected chi connectivity index (χ3v) is 6.76. The number of alkyl halides is 3. The van der Waals surface area contributed by atoms with Gasteiger partial charge >= 0.3 is 6.18 Å². The Bertz CT molecular complexity index is 1730. The number of halogens is 3. The number of rotatable bonds is 4. The van der Waals surface area contributed by atoms with Crippen molar-refractivity contribution in [3.8, 4) is 17.5 Å². The Kier molecular flexibility index (Phi) is 5.87. The Morgan fingerprint density at radius 2 is 1.81 bits per heavy atom. The second kappa shape index (κ2) is 8.93. The predicted molar refractivity (Wildman–Crippen MR) is 137 cm³/mol. The van der Waals surface area contributed by atoms with Gasteiger partial charge < -0.3 is 9.32 Å². The molecule has 1 unspecified atom stereocenters. The molecular weight excluding hydrogens is 479 g/mol. The third kappa shape index (κ3) is 4.06. The highest BCUT2D eigenvalue weighted by atomic mass is 19.4. The molecule has 1 atom stereocenters. The quantitative estimate of drug-likeness (QED) is 0.198. The summed E-state index contributed by atoms with van der Waals surface area (Å²) in [5.41, 5.74) is 1.70. The van der Waals surface area contributed by atoms with Crippen molar-refractivity contribution in [1.29, 1.82) is 5.26 Å².